The lowest BCUT2D eigenvalue weighted by Gasteiger charge is -2.29. The number of hydrogen-bond donors (Lipinski definition) is 3. The van der Waals surface area contributed by atoms with E-state index in [0.717, 1.165) is 12.1 Å². The van der Waals surface area contributed by atoms with Crippen LogP contribution in [-0.4, -0.2) is 32.9 Å². The average molecular weight is 429 g/mol. The van der Waals surface area contributed by atoms with Crippen LogP contribution in [0.25, 0.3) is 0 Å². The monoisotopic (exact) mass is 429 g/mol. The van der Waals surface area contributed by atoms with E-state index in [0.29, 0.717) is 17.0 Å². The third-order valence-electron chi connectivity index (χ3n) is 5.46. The van der Waals surface area contributed by atoms with Gasteiger partial charge in [-0.1, -0.05) is 18.2 Å². The molecule has 0 saturated heterocycles. The number of rotatable bonds is 2. The Kier molecular flexibility index (Phi) is 4.23. The van der Waals surface area contributed by atoms with Crippen LogP contribution >= 0.6 is 0 Å². The molecule has 3 aromatic rings. The predicted molar refractivity (Wildman–Crippen MR) is 112 cm³/mol. The van der Waals surface area contributed by atoms with Crippen LogP contribution in [0.3, 0.4) is 0 Å². The number of allylic oxidation sites excluding steroid dienone is 2. The van der Waals surface area contributed by atoms with E-state index in [-0.39, 0.29) is 34.7 Å². The molecule has 0 amide bonds. The van der Waals surface area contributed by atoms with E-state index >= 15 is 0 Å². The number of para-hydroxylation sites is 1. The first-order valence-electron chi connectivity index (χ1n) is 9.62. The normalized spacial score (nSPS) is 14.8. The zero-order valence-electron chi connectivity index (χ0n) is 16.4. The fourth-order valence-electron chi connectivity index (χ4n) is 3.92. The van der Waals surface area contributed by atoms with Crippen LogP contribution in [0.4, 0.5) is 5.69 Å². The summed E-state index contributed by atoms with van der Waals surface area (Å²) < 4.78 is 5.89. The molecular formula is C24H15NO7. The van der Waals surface area contributed by atoms with Crippen LogP contribution in [0.5, 0.6) is 17.2 Å². The molecule has 8 heteroatoms. The number of aromatic carboxylic acids is 1. The fourth-order valence-corrected chi connectivity index (χ4v) is 3.92. The highest BCUT2D eigenvalue weighted by Gasteiger charge is 2.42. The minimum atomic E-state index is -1.10. The summed E-state index contributed by atoms with van der Waals surface area (Å²) in [6.07, 6.45) is 0. The van der Waals surface area contributed by atoms with Crippen LogP contribution in [0.1, 0.15) is 36.6 Å². The van der Waals surface area contributed by atoms with Crippen molar-refractivity contribution in [1.29, 1.82) is 0 Å². The largest absolute Gasteiger partial charge is 0.507 e. The van der Waals surface area contributed by atoms with E-state index in [9.17, 15) is 29.7 Å². The second-order valence-corrected chi connectivity index (χ2v) is 7.34. The summed E-state index contributed by atoms with van der Waals surface area (Å²) in [5.74, 6) is -3.33. The number of aromatic hydroxyl groups is 2. The van der Waals surface area contributed by atoms with Gasteiger partial charge in [0.05, 0.1) is 23.2 Å². The number of hydrogen-bond acceptors (Lipinski definition) is 7. The number of carboxylic acids is 1. The number of ether oxygens (including phenoxy) is 1. The van der Waals surface area contributed by atoms with Crippen molar-refractivity contribution >= 4 is 23.2 Å². The number of fused-ring (bicyclic) bond motifs is 2. The summed E-state index contributed by atoms with van der Waals surface area (Å²) in [5, 5.41) is 29.8. The van der Waals surface area contributed by atoms with Crippen molar-refractivity contribution in [2.75, 3.05) is 4.90 Å². The maximum absolute atomic E-state index is 13.5. The number of carbonyl (C=O) groups excluding carboxylic acids is 2. The lowest BCUT2D eigenvalue weighted by atomic mass is 9.89. The van der Waals surface area contributed by atoms with E-state index in [1.165, 1.54) is 24.3 Å². The molecule has 3 N–H and O–H groups in total. The van der Waals surface area contributed by atoms with Crippen LogP contribution < -0.4 is 9.64 Å². The number of phenols is 2. The number of carbonyl (C=O) groups is 3. The van der Waals surface area contributed by atoms with Gasteiger partial charge in [-0.2, -0.15) is 0 Å². The van der Waals surface area contributed by atoms with E-state index < -0.39 is 29.0 Å². The number of Topliss-reactive ketones (excluding diaryl/α,β-unsaturated/α-hetero) is 2. The predicted octanol–water partition coefficient (Wildman–Crippen LogP) is 3.49. The van der Waals surface area contributed by atoms with Gasteiger partial charge in [-0.05, 0) is 42.5 Å². The molecule has 158 valence electrons. The van der Waals surface area contributed by atoms with Gasteiger partial charge >= 0.3 is 5.97 Å². The second-order valence-electron chi connectivity index (χ2n) is 7.34. The summed E-state index contributed by atoms with van der Waals surface area (Å²) in [7, 11) is 0. The van der Waals surface area contributed by atoms with Gasteiger partial charge in [0.25, 0.3) is 0 Å². The van der Waals surface area contributed by atoms with E-state index in [2.05, 4.69) is 0 Å². The first-order chi connectivity index (χ1) is 15.4. The van der Waals surface area contributed by atoms with Gasteiger partial charge in [0.15, 0.2) is 0 Å². The molecule has 0 aromatic heterocycles. The topological polar surface area (TPSA) is 124 Å². The number of ketones is 2. The molecular weight excluding hydrogens is 414 g/mol. The first-order valence-corrected chi connectivity index (χ1v) is 9.62. The zero-order valence-corrected chi connectivity index (χ0v) is 16.4. The molecule has 0 bridgehead atoms. The molecule has 0 atom stereocenters. The van der Waals surface area contributed by atoms with Gasteiger partial charge in [-0.3, -0.25) is 9.59 Å². The Morgan fingerprint density at radius 2 is 1.47 bits per heavy atom. The van der Waals surface area contributed by atoms with Crippen molar-refractivity contribution in [3.63, 3.8) is 0 Å². The summed E-state index contributed by atoms with van der Waals surface area (Å²) in [6.45, 7) is 0.148. The second kappa shape index (κ2) is 6.98. The Morgan fingerprint density at radius 1 is 0.844 bits per heavy atom. The van der Waals surface area contributed by atoms with Gasteiger partial charge in [-0.15, -0.1) is 0 Å². The standard InChI is InChI=1S/C24H15NO7/c26-15-9-10-16(27)19-18(15)21(28)20-23(22(19)29)32-17-4-2-1-3-13(17)11-25(20)14-7-5-12(6-8-14)24(30)31/h1-10,26-27H,11H2,(H,30,31). The van der Waals surface area contributed by atoms with Crippen molar-refractivity contribution in [3.05, 3.63) is 94.4 Å². The zero-order chi connectivity index (χ0) is 22.6. The number of phenolic OH excluding ortho intramolecular Hbond substituents is 2. The lowest BCUT2D eigenvalue weighted by Crippen LogP contribution is -2.34. The maximum atomic E-state index is 13.5. The number of carboxylic acid groups (broad SMARTS) is 1. The Labute approximate surface area is 181 Å². The quantitative estimate of drug-likeness (QED) is 0.529. The van der Waals surface area contributed by atoms with Crippen molar-refractivity contribution in [1.82, 2.24) is 0 Å². The molecule has 5 rings (SSSR count). The molecule has 0 spiro atoms. The van der Waals surface area contributed by atoms with Gasteiger partial charge in [0, 0.05) is 11.3 Å². The van der Waals surface area contributed by atoms with Crippen molar-refractivity contribution in [3.8, 4) is 17.2 Å². The number of nitrogens with zero attached hydrogens (tertiary/aromatic N) is 1. The molecule has 0 saturated carbocycles. The fraction of sp³-hybridized carbons (Fsp3) is 0.0417. The Balaban J connectivity index is 1.75. The molecule has 0 unspecified atom stereocenters. The van der Waals surface area contributed by atoms with E-state index in [4.69, 9.17) is 4.74 Å². The number of anilines is 1. The highest BCUT2D eigenvalue weighted by Crippen LogP contribution is 2.42. The first kappa shape index (κ1) is 19.4. The smallest absolute Gasteiger partial charge is 0.335 e. The van der Waals surface area contributed by atoms with Crippen LogP contribution in [0, 0.1) is 0 Å². The highest BCUT2D eigenvalue weighted by atomic mass is 16.5. The Hall–Kier alpha value is -4.59. The molecule has 2 aliphatic rings. The van der Waals surface area contributed by atoms with Crippen LogP contribution in [0.15, 0.2) is 72.1 Å². The van der Waals surface area contributed by atoms with Gasteiger partial charge < -0.3 is 25.0 Å². The average Bonchev–Trinajstić information content (AvgIpc) is 2.96. The number of benzene rings is 3. The summed E-state index contributed by atoms with van der Waals surface area (Å²) in [6, 6.07) is 15.1. The van der Waals surface area contributed by atoms with Crippen molar-refractivity contribution in [2.24, 2.45) is 0 Å². The summed E-state index contributed by atoms with van der Waals surface area (Å²) in [4.78, 5) is 39.7. The van der Waals surface area contributed by atoms with Crippen molar-refractivity contribution < 1.29 is 34.4 Å². The van der Waals surface area contributed by atoms with Crippen LogP contribution in [0.2, 0.25) is 0 Å². The summed E-state index contributed by atoms with van der Waals surface area (Å²) in [5.41, 5.74) is 0.454. The van der Waals surface area contributed by atoms with Crippen molar-refractivity contribution in [2.45, 2.75) is 6.54 Å². The molecule has 0 fully saturated rings. The van der Waals surface area contributed by atoms with E-state index in [1.807, 2.05) is 0 Å². The molecule has 0 radical (unpaired) electrons. The van der Waals surface area contributed by atoms with Gasteiger partial charge in [-0.25, -0.2) is 4.79 Å². The molecule has 8 nitrogen and oxygen atoms in total. The molecule has 1 aliphatic heterocycles. The third kappa shape index (κ3) is 2.81. The van der Waals surface area contributed by atoms with Gasteiger partial charge in [0.2, 0.25) is 17.3 Å². The Morgan fingerprint density at radius 3 is 2.12 bits per heavy atom. The highest BCUT2D eigenvalue weighted by molar-refractivity contribution is 6.29. The van der Waals surface area contributed by atoms with Gasteiger partial charge in [0.1, 0.15) is 22.9 Å². The molecule has 1 heterocycles. The molecule has 3 aromatic carbocycles. The SMILES string of the molecule is O=C(O)c1ccc(N2Cc3ccccc3OC3=C2C(=O)c2c(O)ccc(O)c2C3=O)cc1. The van der Waals surface area contributed by atoms with E-state index in [1.54, 1.807) is 29.2 Å². The minimum absolute atomic E-state index is 0.0633. The Bertz CT molecular complexity index is 1360. The van der Waals surface area contributed by atoms with Crippen LogP contribution in [-0.2, 0) is 6.54 Å². The lowest BCUT2D eigenvalue weighted by molar-refractivity contribution is 0.0696. The molecule has 1 aliphatic carbocycles. The minimum Gasteiger partial charge on any atom is -0.507 e. The summed E-state index contributed by atoms with van der Waals surface area (Å²) >= 11 is 0. The maximum Gasteiger partial charge on any atom is 0.335 e. The third-order valence-corrected chi connectivity index (χ3v) is 5.46. The molecule has 32 heavy (non-hydrogen) atoms.